The van der Waals surface area contributed by atoms with Crippen molar-refractivity contribution in [1.82, 2.24) is 0 Å². The number of carboxylic acids is 1. The van der Waals surface area contributed by atoms with Crippen LogP contribution >= 0.6 is 27.5 Å². The Kier molecular flexibility index (Phi) is 4.65. The molecule has 2 aromatic rings. The van der Waals surface area contributed by atoms with Crippen LogP contribution in [0.5, 0.6) is 0 Å². The number of benzene rings is 2. The molecule has 0 aliphatic heterocycles. The van der Waals surface area contributed by atoms with Gasteiger partial charge in [0.1, 0.15) is 0 Å². The van der Waals surface area contributed by atoms with Gasteiger partial charge in [0.25, 0.3) is 5.91 Å². The molecule has 0 fully saturated rings. The number of para-hydroxylation sites is 1. The van der Waals surface area contributed by atoms with Gasteiger partial charge in [0.15, 0.2) is 0 Å². The van der Waals surface area contributed by atoms with E-state index in [1.165, 1.54) is 12.1 Å². The molecule has 0 heterocycles. The summed E-state index contributed by atoms with van der Waals surface area (Å²) < 4.78 is 0.683. The number of carbonyl (C=O) groups is 2. The zero-order chi connectivity index (χ0) is 15.6. The quantitative estimate of drug-likeness (QED) is 0.846. The SMILES string of the molecule is Cc1cccc(C(=O)O)c1NC(=O)c1ccc(Br)c(Cl)c1. The summed E-state index contributed by atoms with van der Waals surface area (Å²) in [4.78, 5) is 23.4. The van der Waals surface area contributed by atoms with Crippen LogP contribution in [0, 0.1) is 6.92 Å². The predicted molar refractivity (Wildman–Crippen MR) is 85.2 cm³/mol. The van der Waals surface area contributed by atoms with E-state index in [4.69, 9.17) is 11.6 Å². The Hall–Kier alpha value is -1.85. The van der Waals surface area contributed by atoms with E-state index < -0.39 is 11.9 Å². The molecule has 6 heteroatoms. The van der Waals surface area contributed by atoms with Crippen molar-refractivity contribution in [3.05, 3.63) is 62.6 Å². The molecular formula is C15H11BrClNO3. The van der Waals surface area contributed by atoms with Crippen molar-refractivity contribution in [3.8, 4) is 0 Å². The zero-order valence-electron chi connectivity index (χ0n) is 11.0. The van der Waals surface area contributed by atoms with Gasteiger partial charge in [-0.25, -0.2) is 4.79 Å². The minimum atomic E-state index is -1.09. The second-order valence-corrected chi connectivity index (χ2v) is 5.65. The molecule has 0 bridgehead atoms. The average molecular weight is 369 g/mol. The summed E-state index contributed by atoms with van der Waals surface area (Å²) in [6.45, 7) is 1.73. The lowest BCUT2D eigenvalue weighted by molar-refractivity contribution is 0.0698. The summed E-state index contributed by atoms with van der Waals surface area (Å²) in [5.41, 5.74) is 1.36. The topological polar surface area (TPSA) is 66.4 Å². The first kappa shape index (κ1) is 15.5. The Morgan fingerprint density at radius 2 is 1.95 bits per heavy atom. The van der Waals surface area contributed by atoms with Gasteiger partial charge >= 0.3 is 5.97 Å². The number of aromatic carboxylic acids is 1. The lowest BCUT2D eigenvalue weighted by Gasteiger charge is -2.11. The fraction of sp³-hybridized carbons (Fsp3) is 0.0667. The fourth-order valence-corrected chi connectivity index (χ4v) is 2.26. The smallest absolute Gasteiger partial charge is 0.337 e. The van der Waals surface area contributed by atoms with Crippen molar-refractivity contribution in [2.75, 3.05) is 5.32 Å². The molecule has 0 aromatic heterocycles. The number of hydrogen-bond acceptors (Lipinski definition) is 2. The number of amides is 1. The molecule has 0 saturated heterocycles. The number of hydrogen-bond donors (Lipinski definition) is 2. The second kappa shape index (κ2) is 6.28. The first-order valence-corrected chi connectivity index (χ1v) is 7.16. The third-order valence-corrected chi connectivity index (χ3v) is 4.16. The van der Waals surface area contributed by atoms with Crippen LogP contribution in [0.1, 0.15) is 26.3 Å². The van der Waals surface area contributed by atoms with E-state index in [-0.39, 0.29) is 11.3 Å². The van der Waals surface area contributed by atoms with Gasteiger partial charge in [-0.05, 0) is 52.7 Å². The maximum atomic E-state index is 12.2. The Labute approximate surface area is 134 Å². The third-order valence-electron chi connectivity index (χ3n) is 2.92. The lowest BCUT2D eigenvalue weighted by Crippen LogP contribution is -2.16. The average Bonchev–Trinajstić information content (AvgIpc) is 2.43. The molecule has 2 aromatic carbocycles. The van der Waals surface area contributed by atoms with Gasteiger partial charge in [0, 0.05) is 10.0 Å². The number of rotatable bonds is 3. The molecule has 4 nitrogen and oxygen atoms in total. The number of halogens is 2. The first-order chi connectivity index (χ1) is 9.90. The predicted octanol–water partition coefficient (Wildman–Crippen LogP) is 4.36. The highest BCUT2D eigenvalue weighted by atomic mass is 79.9. The van der Waals surface area contributed by atoms with Crippen molar-refractivity contribution in [2.24, 2.45) is 0 Å². The molecule has 0 saturated carbocycles. The molecule has 1 amide bonds. The van der Waals surface area contributed by atoms with Gasteiger partial charge in [-0.1, -0.05) is 23.7 Å². The summed E-state index contributed by atoms with van der Waals surface area (Å²) >= 11 is 9.20. The van der Waals surface area contributed by atoms with Crippen LogP contribution in [-0.4, -0.2) is 17.0 Å². The molecule has 0 unspecified atom stereocenters. The Bertz CT molecular complexity index is 731. The van der Waals surface area contributed by atoms with Crippen LogP contribution in [0.25, 0.3) is 0 Å². The zero-order valence-corrected chi connectivity index (χ0v) is 13.3. The molecule has 0 atom stereocenters. The van der Waals surface area contributed by atoms with Gasteiger partial charge in [-0.2, -0.15) is 0 Å². The van der Waals surface area contributed by atoms with Crippen molar-refractivity contribution in [2.45, 2.75) is 6.92 Å². The molecule has 0 radical (unpaired) electrons. The fourth-order valence-electron chi connectivity index (χ4n) is 1.83. The van der Waals surface area contributed by atoms with E-state index >= 15 is 0 Å². The van der Waals surface area contributed by atoms with E-state index in [0.717, 1.165) is 0 Å². The number of anilines is 1. The highest BCUT2D eigenvalue weighted by molar-refractivity contribution is 9.10. The highest BCUT2D eigenvalue weighted by Gasteiger charge is 2.16. The normalized spacial score (nSPS) is 10.2. The van der Waals surface area contributed by atoms with Crippen LogP contribution < -0.4 is 5.32 Å². The summed E-state index contributed by atoms with van der Waals surface area (Å²) in [5, 5.41) is 12.2. The minimum Gasteiger partial charge on any atom is -0.478 e. The Balaban J connectivity index is 2.36. The second-order valence-electron chi connectivity index (χ2n) is 4.39. The molecule has 0 aliphatic rings. The van der Waals surface area contributed by atoms with E-state index in [1.54, 1.807) is 31.2 Å². The number of carboxylic acid groups (broad SMARTS) is 1. The van der Waals surface area contributed by atoms with Gasteiger partial charge in [0.2, 0.25) is 0 Å². The summed E-state index contributed by atoms with van der Waals surface area (Å²) in [5.74, 6) is -1.51. The minimum absolute atomic E-state index is 0.0477. The van der Waals surface area contributed by atoms with Crippen LogP contribution in [0.2, 0.25) is 5.02 Å². The molecule has 21 heavy (non-hydrogen) atoms. The number of carbonyl (C=O) groups excluding carboxylic acids is 1. The van der Waals surface area contributed by atoms with Crippen molar-refractivity contribution < 1.29 is 14.7 Å². The van der Waals surface area contributed by atoms with Gasteiger partial charge < -0.3 is 10.4 Å². The summed E-state index contributed by atoms with van der Waals surface area (Å²) in [6, 6.07) is 9.58. The largest absolute Gasteiger partial charge is 0.478 e. The summed E-state index contributed by atoms with van der Waals surface area (Å²) in [6.07, 6.45) is 0. The standard InChI is InChI=1S/C15H11BrClNO3/c1-8-3-2-4-10(15(20)21)13(8)18-14(19)9-5-6-11(16)12(17)7-9/h2-7H,1H3,(H,18,19)(H,20,21). The highest BCUT2D eigenvalue weighted by Crippen LogP contribution is 2.25. The molecule has 0 spiro atoms. The summed E-state index contributed by atoms with van der Waals surface area (Å²) in [7, 11) is 0. The lowest BCUT2D eigenvalue weighted by atomic mass is 10.1. The van der Waals surface area contributed by atoms with Gasteiger partial charge in [-0.15, -0.1) is 0 Å². The van der Waals surface area contributed by atoms with Crippen LogP contribution in [0.3, 0.4) is 0 Å². The third kappa shape index (κ3) is 3.43. The van der Waals surface area contributed by atoms with Crippen LogP contribution in [0.4, 0.5) is 5.69 Å². The van der Waals surface area contributed by atoms with Crippen molar-refractivity contribution in [1.29, 1.82) is 0 Å². The van der Waals surface area contributed by atoms with E-state index in [2.05, 4.69) is 21.2 Å². The maximum absolute atomic E-state index is 12.2. The molecule has 2 rings (SSSR count). The van der Waals surface area contributed by atoms with E-state index in [0.29, 0.717) is 20.6 Å². The van der Waals surface area contributed by atoms with Crippen molar-refractivity contribution >= 4 is 45.1 Å². The number of nitrogens with one attached hydrogen (secondary N) is 1. The first-order valence-electron chi connectivity index (χ1n) is 5.99. The molecule has 2 N–H and O–H groups in total. The molecular weight excluding hydrogens is 358 g/mol. The Morgan fingerprint density at radius 3 is 2.57 bits per heavy atom. The van der Waals surface area contributed by atoms with Crippen LogP contribution in [-0.2, 0) is 0 Å². The van der Waals surface area contributed by atoms with Crippen molar-refractivity contribution in [3.63, 3.8) is 0 Å². The Morgan fingerprint density at radius 1 is 1.24 bits per heavy atom. The van der Waals surface area contributed by atoms with E-state index in [9.17, 15) is 14.7 Å². The van der Waals surface area contributed by atoms with Gasteiger partial charge in [0.05, 0.1) is 16.3 Å². The van der Waals surface area contributed by atoms with Gasteiger partial charge in [-0.3, -0.25) is 4.79 Å². The molecule has 0 aliphatic carbocycles. The molecule has 108 valence electrons. The van der Waals surface area contributed by atoms with E-state index in [1.807, 2.05) is 0 Å². The number of aryl methyl sites for hydroxylation is 1. The maximum Gasteiger partial charge on any atom is 0.337 e. The monoisotopic (exact) mass is 367 g/mol. The van der Waals surface area contributed by atoms with Crippen LogP contribution in [0.15, 0.2) is 40.9 Å².